The molecule has 30 heavy (non-hydrogen) atoms. The zero-order chi connectivity index (χ0) is 21.5. The zero-order valence-electron chi connectivity index (χ0n) is 17.0. The van der Waals surface area contributed by atoms with Crippen LogP contribution in [0.25, 0.3) is 6.08 Å². The van der Waals surface area contributed by atoms with E-state index in [2.05, 4.69) is 4.99 Å². The molecule has 8 heteroatoms. The summed E-state index contributed by atoms with van der Waals surface area (Å²) in [4.78, 5) is 30.9. The summed E-state index contributed by atoms with van der Waals surface area (Å²) in [6, 6.07) is 14.4. The van der Waals surface area contributed by atoms with E-state index < -0.39 is 0 Å². The van der Waals surface area contributed by atoms with Crippen molar-refractivity contribution in [1.82, 2.24) is 0 Å². The Morgan fingerprint density at radius 3 is 2.50 bits per heavy atom. The first-order chi connectivity index (χ1) is 14.5. The van der Waals surface area contributed by atoms with Gasteiger partial charge < -0.3 is 14.2 Å². The Hall–Kier alpha value is -3.26. The number of amides is 1. The number of aliphatic imine (C=N–C) groups is 1. The Balaban J connectivity index is 1.93. The number of benzene rings is 2. The molecule has 0 atom stereocenters. The maximum Gasteiger partial charge on any atom is 0.316 e. The number of methoxy groups -OCH3 is 2. The van der Waals surface area contributed by atoms with Gasteiger partial charge in [0.2, 0.25) is 0 Å². The third kappa shape index (κ3) is 5.01. The van der Waals surface area contributed by atoms with Crippen molar-refractivity contribution in [1.29, 1.82) is 0 Å². The lowest BCUT2D eigenvalue weighted by Gasteiger charge is -2.18. The molecule has 1 amide bonds. The van der Waals surface area contributed by atoms with Crippen molar-refractivity contribution in [3.63, 3.8) is 0 Å². The van der Waals surface area contributed by atoms with Gasteiger partial charge >= 0.3 is 5.97 Å². The molecule has 0 fully saturated rings. The normalized spacial score (nSPS) is 14.6. The molecule has 0 bridgehead atoms. The van der Waals surface area contributed by atoms with Crippen molar-refractivity contribution < 1.29 is 23.8 Å². The number of hydrogen-bond acceptors (Lipinski definition) is 7. The van der Waals surface area contributed by atoms with Crippen LogP contribution >= 0.6 is 11.8 Å². The van der Waals surface area contributed by atoms with Crippen molar-refractivity contribution in [3.8, 4) is 11.5 Å². The van der Waals surface area contributed by atoms with Crippen molar-refractivity contribution >= 4 is 40.6 Å². The van der Waals surface area contributed by atoms with E-state index in [1.54, 1.807) is 51.5 Å². The molecule has 0 unspecified atom stereocenters. The molecule has 2 aromatic carbocycles. The zero-order valence-corrected chi connectivity index (χ0v) is 17.8. The van der Waals surface area contributed by atoms with E-state index in [9.17, 15) is 9.59 Å². The number of ether oxygens (including phenoxy) is 3. The second-order valence-electron chi connectivity index (χ2n) is 6.13. The van der Waals surface area contributed by atoms with Gasteiger partial charge in [-0.3, -0.25) is 14.5 Å². The average Bonchev–Trinajstić information content (AvgIpc) is 3.08. The predicted octanol–water partition coefficient (Wildman–Crippen LogP) is 3.74. The summed E-state index contributed by atoms with van der Waals surface area (Å²) in [6.07, 6.45) is 1.70. The topological polar surface area (TPSA) is 77.4 Å². The summed E-state index contributed by atoms with van der Waals surface area (Å²) in [5.41, 5.74) is 1.69. The summed E-state index contributed by atoms with van der Waals surface area (Å²) in [7, 11) is 3.15. The van der Waals surface area contributed by atoms with Crippen molar-refractivity contribution in [2.45, 2.75) is 6.92 Å². The van der Waals surface area contributed by atoms with Gasteiger partial charge in [0.1, 0.15) is 17.2 Å². The Morgan fingerprint density at radius 1 is 1.10 bits per heavy atom. The highest BCUT2D eigenvalue weighted by Crippen LogP contribution is 2.31. The summed E-state index contributed by atoms with van der Waals surface area (Å²) in [6.45, 7) is 2.05. The minimum absolute atomic E-state index is 0.0518. The number of rotatable bonds is 7. The summed E-state index contributed by atoms with van der Waals surface area (Å²) >= 11 is 1.15. The SMILES string of the molecule is CCOC(=O)CSC1=NC(=Cc2ccc(OC)cc2)C(=O)N1c1cccc(OC)c1. The van der Waals surface area contributed by atoms with Crippen LogP contribution in [0.15, 0.2) is 59.2 Å². The van der Waals surface area contributed by atoms with Crippen LogP contribution in [0, 0.1) is 0 Å². The van der Waals surface area contributed by atoms with Crippen molar-refractivity contribution in [3.05, 3.63) is 59.8 Å². The number of anilines is 1. The van der Waals surface area contributed by atoms with Gasteiger partial charge in [-0.1, -0.05) is 30.0 Å². The van der Waals surface area contributed by atoms with Gasteiger partial charge in [0.15, 0.2) is 5.17 Å². The smallest absolute Gasteiger partial charge is 0.316 e. The lowest BCUT2D eigenvalue weighted by Crippen LogP contribution is -2.31. The fraction of sp³-hybridized carbons (Fsp3) is 0.227. The summed E-state index contributed by atoms with van der Waals surface area (Å²) in [5.74, 6) is 0.738. The van der Waals surface area contributed by atoms with Crippen molar-refractivity contribution in [2.24, 2.45) is 4.99 Å². The standard InChI is InChI=1S/C22H22N2O5S/c1-4-29-20(25)14-30-22-23-19(12-15-8-10-17(27-2)11-9-15)21(26)24(22)16-6-5-7-18(13-16)28-3/h5-13H,4,14H2,1-3H3. The molecule has 1 heterocycles. The van der Waals surface area contributed by atoms with Crippen LogP contribution in [0.3, 0.4) is 0 Å². The second kappa shape index (κ2) is 9.98. The Morgan fingerprint density at radius 2 is 1.83 bits per heavy atom. The number of esters is 1. The molecule has 3 rings (SSSR count). The first-order valence-electron chi connectivity index (χ1n) is 9.27. The van der Waals surface area contributed by atoms with Gasteiger partial charge in [0.05, 0.1) is 32.3 Å². The molecule has 2 aromatic rings. The predicted molar refractivity (Wildman–Crippen MR) is 118 cm³/mol. The molecule has 0 saturated heterocycles. The van der Waals surface area contributed by atoms with E-state index >= 15 is 0 Å². The molecule has 156 valence electrons. The molecule has 1 aliphatic rings. The largest absolute Gasteiger partial charge is 0.497 e. The van der Waals surface area contributed by atoms with E-state index in [0.29, 0.717) is 23.2 Å². The maximum atomic E-state index is 13.2. The Kier molecular flexibility index (Phi) is 7.13. The Labute approximate surface area is 179 Å². The number of carbonyl (C=O) groups is 2. The van der Waals surface area contributed by atoms with Gasteiger partial charge in [-0.15, -0.1) is 0 Å². The van der Waals surface area contributed by atoms with E-state index in [0.717, 1.165) is 23.1 Å². The van der Waals surface area contributed by atoms with Crippen LogP contribution in [0.4, 0.5) is 5.69 Å². The molecular formula is C22H22N2O5S. The van der Waals surface area contributed by atoms with Crippen LogP contribution in [-0.4, -0.2) is 43.6 Å². The monoisotopic (exact) mass is 426 g/mol. The number of nitrogens with zero attached hydrogens (tertiary/aromatic N) is 2. The molecule has 0 spiro atoms. The van der Waals surface area contributed by atoms with Crippen LogP contribution in [0.2, 0.25) is 0 Å². The first-order valence-corrected chi connectivity index (χ1v) is 10.3. The van der Waals surface area contributed by atoms with Crippen LogP contribution in [0.1, 0.15) is 12.5 Å². The van der Waals surface area contributed by atoms with E-state index in [4.69, 9.17) is 14.2 Å². The van der Waals surface area contributed by atoms with E-state index in [1.165, 1.54) is 4.90 Å². The molecule has 0 radical (unpaired) electrons. The van der Waals surface area contributed by atoms with Gasteiger partial charge in [-0.05, 0) is 42.8 Å². The van der Waals surface area contributed by atoms with Gasteiger partial charge in [0.25, 0.3) is 5.91 Å². The molecule has 0 N–H and O–H groups in total. The molecular weight excluding hydrogens is 404 g/mol. The van der Waals surface area contributed by atoms with Crippen LogP contribution in [0.5, 0.6) is 11.5 Å². The maximum absolute atomic E-state index is 13.2. The molecule has 0 saturated carbocycles. The lowest BCUT2D eigenvalue weighted by atomic mass is 10.2. The first kappa shape index (κ1) is 21.4. The quantitative estimate of drug-likeness (QED) is 0.496. The van der Waals surface area contributed by atoms with Gasteiger partial charge in [-0.2, -0.15) is 0 Å². The summed E-state index contributed by atoms with van der Waals surface area (Å²) in [5, 5.41) is 0.404. The number of hydrogen-bond donors (Lipinski definition) is 0. The van der Waals surface area contributed by atoms with Gasteiger partial charge in [0, 0.05) is 6.07 Å². The second-order valence-corrected chi connectivity index (χ2v) is 7.08. The fourth-order valence-electron chi connectivity index (χ4n) is 2.75. The molecule has 0 aromatic heterocycles. The number of amidine groups is 1. The lowest BCUT2D eigenvalue weighted by molar-refractivity contribution is -0.139. The third-order valence-electron chi connectivity index (χ3n) is 4.18. The minimum Gasteiger partial charge on any atom is -0.497 e. The average molecular weight is 426 g/mol. The van der Waals surface area contributed by atoms with E-state index in [1.807, 2.05) is 24.3 Å². The van der Waals surface area contributed by atoms with Crippen LogP contribution in [-0.2, 0) is 14.3 Å². The summed E-state index contributed by atoms with van der Waals surface area (Å²) < 4.78 is 15.4. The highest BCUT2D eigenvalue weighted by molar-refractivity contribution is 8.14. The number of thioether (sulfide) groups is 1. The third-order valence-corrected chi connectivity index (χ3v) is 5.10. The molecule has 1 aliphatic heterocycles. The highest BCUT2D eigenvalue weighted by atomic mass is 32.2. The molecule has 7 nitrogen and oxygen atoms in total. The number of carbonyl (C=O) groups excluding carboxylic acids is 2. The minimum atomic E-state index is -0.365. The van der Waals surface area contributed by atoms with Gasteiger partial charge in [-0.25, -0.2) is 4.99 Å². The van der Waals surface area contributed by atoms with Crippen LogP contribution < -0.4 is 14.4 Å². The van der Waals surface area contributed by atoms with Crippen molar-refractivity contribution in [2.75, 3.05) is 31.5 Å². The Bertz CT molecular complexity index is 985. The molecule has 0 aliphatic carbocycles. The van der Waals surface area contributed by atoms with E-state index in [-0.39, 0.29) is 23.3 Å². The fourth-order valence-corrected chi connectivity index (χ4v) is 3.57. The highest BCUT2D eigenvalue weighted by Gasteiger charge is 2.32.